The number of carbonyl (C=O) groups excluding carboxylic acids is 1. The van der Waals surface area contributed by atoms with E-state index in [1.165, 1.54) is 5.56 Å². The normalized spacial score (nSPS) is 28.7. The van der Waals surface area contributed by atoms with Crippen molar-refractivity contribution in [3.8, 4) is 0 Å². The summed E-state index contributed by atoms with van der Waals surface area (Å²) in [4.78, 5) is 23.6. The molecule has 2 aliphatic heterocycles. The first kappa shape index (κ1) is 14.8. The van der Waals surface area contributed by atoms with Crippen molar-refractivity contribution in [2.75, 3.05) is 6.54 Å². The highest BCUT2D eigenvalue weighted by Crippen LogP contribution is 2.39. The van der Waals surface area contributed by atoms with Crippen molar-refractivity contribution in [3.05, 3.63) is 48.0 Å². The van der Waals surface area contributed by atoms with Crippen molar-refractivity contribution in [3.63, 3.8) is 0 Å². The van der Waals surface area contributed by atoms with E-state index in [1.54, 1.807) is 12.2 Å². The summed E-state index contributed by atoms with van der Waals surface area (Å²) in [5.74, 6) is -2.59. The summed E-state index contributed by atoms with van der Waals surface area (Å²) in [6, 6.07) is 10.1. The van der Waals surface area contributed by atoms with Gasteiger partial charge in [-0.2, -0.15) is 0 Å². The van der Waals surface area contributed by atoms with Crippen molar-refractivity contribution in [2.24, 2.45) is 11.8 Å². The summed E-state index contributed by atoms with van der Waals surface area (Å²) >= 11 is 0. The van der Waals surface area contributed by atoms with E-state index in [4.69, 9.17) is 4.74 Å². The minimum absolute atomic E-state index is 0.225. The van der Waals surface area contributed by atoms with Gasteiger partial charge in [-0.15, -0.1) is 0 Å². The lowest BCUT2D eigenvalue weighted by Gasteiger charge is -2.20. The molecule has 0 saturated carbocycles. The lowest BCUT2D eigenvalue weighted by molar-refractivity contribution is -0.146. The van der Waals surface area contributed by atoms with E-state index in [0.29, 0.717) is 6.54 Å². The third-order valence-corrected chi connectivity index (χ3v) is 4.27. The van der Waals surface area contributed by atoms with Gasteiger partial charge in [-0.3, -0.25) is 9.59 Å². The molecule has 2 N–H and O–H groups in total. The molecule has 1 aromatic rings. The molecule has 2 bridgehead atoms. The van der Waals surface area contributed by atoms with Crippen LogP contribution in [0, 0.1) is 11.8 Å². The first-order chi connectivity index (χ1) is 10.7. The second kappa shape index (κ2) is 6.32. The van der Waals surface area contributed by atoms with Crippen molar-refractivity contribution in [2.45, 2.75) is 25.0 Å². The number of hydrogen-bond acceptors (Lipinski definition) is 3. The molecular formula is C17H19NO4. The van der Waals surface area contributed by atoms with Crippen molar-refractivity contribution < 1.29 is 19.4 Å². The highest BCUT2D eigenvalue weighted by Gasteiger charge is 2.53. The monoisotopic (exact) mass is 301 g/mol. The summed E-state index contributed by atoms with van der Waals surface area (Å²) < 4.78 is 5.50. The molecule has 3 rings (SSSR count). The Morgan fingerprint density at radius 1 is 1.09 bits per heavy atom. The van der Waals surface area contributed by atoms with Gasteiger partial charge in [0.05, 0.1) is 18.1 Å². The fourth-order valence-electron chi connectivity index (χ4n) is 3.18. The zero-order valence-electron chi connectivity index (χ0n) is 12.1. The van der Waals surface area contributed by atoms with Crippen LogP contribution in [0.5, 0.6) is 0 Å². The fraction of sp³-hybridized carbons (Fsp3) is 0.412. The van der Waals surface area contributed by atoms with Crippen molar-refractivity contribution >= 4 is 11.9 Å². The first-order valence-corrected chi connectivity index (χ1v) is 7.55. The van der Waals surface area contributed by atoms with Gasteiger partial charge < -0.3 is 15.2 Å². The number of amides is 1. The van der Waals surface area contributed by atoms with Gasteiger partial charge in [-0.25, -0.2) is 0 Å². The minimum Gasteiger partial charge on any atom is -0.481 e. The van der Waals surface area contributed by atoms with E-state index in [2.05, 4.69) is 17.4 Å². The van der Waals surface area contributed by atoms with E-state index >= 15 is 0 Å². The Kier molecular flexibility index (Phi) is 4.24. The van der Waals surface area contributed by atoms with Crippen LogP contribution in [-0.4, -0.2) is 35.7 Å². The zero-order valence-corrected chi connectivity index (χ0v) is 12.1. The molecule has 2 heterocycles. The van der Waals surface area contributed by atoms with Gasteiger partial charge >= 0.3 is 5.97 Å². The maximum atomic E-state index is 12.3. The molecule has 0 unspecified atom stereocenters. The largest absolute Gasteiger partial charge is 0.481 e. The van der Waals surface area contributed by atoms with Crippen molar-refractivity contribution in [1.29, 1.82) is 0 Å². The molecule has 1 saturated heterocycles. The number of nitrogens with one attached hydrogen (secondary N) is 1. The molecule has 0 spiro atoms. The third-order valence-electron chi connectivity index (χ3n) is 4.27. The minimum atomic E-state index is -0.971. The lowest BCUT2D eigenvalue weighted by atomic mass is 9.82. The molecule has 2 aliphatic rings. The van der Waals surface area contributed by atoms with E-state index in [-0.39, 0.29) is 5.91 Å². The molecule has 1 amide bonds. The Bertz CT molecular complexity index is 584. The van der Waals surface area contributed by atoms with Gasteiger partial charge in [0.2, 0.25) is 5.91 Å². The number of fused-ring (bicyclic) bond motifs is 2. The second-order valence-corrected chi connectivity index (χ2v) is 5.72. The number of ether oxygens (including phenoxy) is 1. The summed E-state index contributed by atoms with van der Waals surface area (Å²) in [5, 5.41) is 12.1. The molecule has 1 aromatic carbocycles. The fourth-order valence-corrected chi connectivity index (χ4v) is 3.18. The quantitative estimate of drug-likeness (QED) is 0.615. The molecule has 4 atom stereocenters. The van der Waals surface area contributed by atoms with Gasteiger partial charge in [0, 0.05) is 6.54 Å². The summed E-state index contributed by atoms with van der Waals surface area (Å²) in [6.45, 7) is 0.539. The van der Waals surface area contributed by atoms with E-state index < -0.39 is 30.0 Å². The highest BCUT2D eigenvalue weighted by atomic mass is 16.5. The molecule has 0 radical (unpaired) electrons. The average molecular weight is 301 g/mol. The maximum absolute atomic E-state index is 12.3. The number of carboxylic acid groups (broad SMARTS) is 1. The molecule has 0 aromatic heterocycles. The summed E-state index contributed by atoms with van der Waals surface area (Å²) in [5.41, 5.74) is 1.23. The van der Waals surface area contributed by atoms with Crippen LogP contribution in [0.15, 0.2) is 42.5 Å². The van der Waals surface area contributed by atoms with Gasteiger partial charge in [0.25, 0.3) is 0 Å². The number of aryl methyl sites for hydroxylation is 1. The standard InChI is InChI=1S/C17H19NO4/c19-16(18-10-4-7-11-5-2-1-3-6-11)14-12-8-9-13(22-12)15(14)17(20)21/h1-3,5-6,8-9,12-15H,4,7,10H2,(H,18,19)(H,20,21)/t12-,13-,14+,15-/m0/s1. The smallest absolute Gasteiger partial charge is 0.310 e. The summed E-state index contributed by atoms with van der Waals surface area (Å²) in [6.07, 6.45) is 4.37. The van der Waals surface area contributed by atoms with E-state index in [0.717, 1.165) is 12.8 Å². The molecule has 116 valence electrons. The van der Waals surface area contributed by atoms with Crippen molar-refractivity contribution in [1.82, 2.24) is 5.32 Å². The number of hydrogen-bond donors (Lipinski definition) is 2. The maximum Gasteiger partial charge on any atom is 0.310 e. The average Bonchev–Trinajstić information content (AvgIpc) is 3.13. The predicted molar refractivity (Wildman–Crippen MR) is 80.2 cm³/mol. The Labute approximate surface area is 129 Å². The number of rotatable bonds is 6. The van der Waals surface area contributed by atoms with Gasteiger partial charge in [-0.1, -0.05) is 42.5 Å². The Morgan fingerprint density at radius 3 is 2.45 bits per heavy atom. The van der Waals surface area contributed by atoms with Crippen LogP contribution >= 0.6 is 0 Å². The van der Waals surface area contributed by atoms with Crippen LogP contribution in [0.2, 0.25) is 0 Å². The zero-order chi connectivity index (χ0) is 15.5. The van der Waals surface area contributed by atoms with E-state index in [9.17, 15) is 14.7 Å². The van der Waals surface area contributed by atoms with Crippen LogP contribution in [0.4, 0.5) is 0 Å². The number of aliphatic carboxylic acids is 1. The molecule has 22 heavy (non-hydrogen) atoms. The summed E-state index contributed by atoms with van der Waals surface area (Å²) in [7, 11) is 0. The van der Waals surface area contributed by atoms with Crippen LogP contribution < -0.4 is 5.32 Å². The second-order valence-electron chi connectivity index (χ2n) is 5.72. The van der Waals surface area contributed by atoms with Crippen LogP contribution in [0.25, 0.3) is 0 Å². The number of benzene rings is 1. The topological polar surface area (TPSA) is 75.6 Å². The Morgan fingerprint density at radius 2 is 1.77 bits per heavy atom. The van der Waals surface area contributed by atoms with Crippen LogP contribution in [0.3, 0.4) is 0 Å². The molecule has 0 aliphatic carbocycles. The molecule has 1 fully saturated rings. The number of carbonyl (C=O) groups is 2. The van der Waals surface area contributed by atoms with Gasteiger partial charge in [0.1, 0.15) is 5.92 Å². The molecule has 5 nitrogen and oxygen atoms in total. The van der Waals surface area contributed by atoms with Gasteiger partial charge in [0.15, 0.2) is 0 Å². The van der Waals surface area contributed by atoms with Gasteiger partial charge in [-0.05, 0) is 18.4 Å². The Hall–Kier alpha value is -2.14. The lowest BCUT2D eigenvalue weighted by Crippen LogP contribution is -2.42. The molecular weight excluding hydrogens is 282 g/mol. The first-order valence-electron chi connectivity index (χ1n) is 7.55. The third kappa shape index (κ3) is 2.90. The van der Waals surface area contributed by atoms with Crippen LogP contribution in [-0.2, 0) is 20.7 Å². The SMILES string of the molecule is O=C(O)[C@@H]1[C@H](C(=O)NCCCc2ccccc2)[C@@H]2C=C[C@@H]1O2. The number of carboxylic acids is 1. The van der Waals surface area contributed by atoms with Crippen LogP contribution in [0.1, 0.15) is 12.0 Å². The van der Waals surface area contributed by atoms with E-state index in [1.807, 2.05) is 18.2 Å². The predicted octanol–water partition coefficient (Wildman–Crippen LogP) is 1.39. The highest BCUT2D eigenvalue weighted by molar-refractivity contribution is 5.87. The molecule has 5 heteroatoms. The Balaban J connectivity index is 1.50.